The molecule has 0 fully saturated rings. The van der Waals surface area contributed by atoms with Crippen molar-refractivity contribution in [3.63, 3.8) is 0 Å². The molecule has 2 nitrogen and oxygen atoms in total. The van der Waals surface area contributed by atoms with Gasteiger partial charge in [-0.25, -0.2) is 0 Å². The Bertz CT molecular complexity index is 314. The Morgan fingerprint density at radius 1 is 1.19 bits per heavy atom. The minimum Gasteiger partial charge on any atom is -0.466 e. The van der Waals surface area contributed by atoms with Crippen LogP contribution in [0.4, 0.5) is 0 Å². The van der Waals surface area contributed by atoms with Crippen molar-refractivity contribution in [3.8, 4) is 0 Å². The summed E-state index contributed by atoms with van der Waals surface area (Å²) in [7, 11) is 0. The molecule has 0 aromatic heterocycles. The molecule has 0 aliphatic rings. The Morgan fingerprint density at radius 3 is 2.50 bits per heavy atom. The Balaban J connectivity index is 2.11. The van der Waals surface area contributed by atoms with Crippen molar-refractivity contribution < 1.29 is 9.53 Å². The fraction of sp³-hybridized carbons (Fsp3) is 0.500. The largest absolute Gasteiger partial charge is 0.466 e. The molecular formula is C14H20O2. The monoisotopic (exact) mass is 220 g/mol. The van der Waals surface area contributed by atoms with Crippen LogP contribution >= 0.6 is 0 Å². The topological polar surface area (TPSA) is 26.3 Å². The summed E-state index contributed by atoms with van der Waals surface area (Å²) in [4.78, 5) is 10.9. The van der Waals surface area contributed by atoms with Crippen molar-refractivity contribution in [2.45, 2.75) is 39.5 Å². The SMILES string of the molecule is CCC(=O)OCCCCc1ccc(C)cc1. The van der Waals surface area contributed by atoms with Crippen LogP contribution in [0.25, 0.3) is 0 Å². The third-order valence-electron chi connectivity index (χ3n) is 2.53. The van der Waals surface area contributed by atoms with Crippen LogP contribution in [0.2, 0.25) is 0 Å². The number of hydrogen-bond acceptors (Lipinski definition) is 2. The lowest BCUT2D eigenvalue weighted by atomic mass is 10.1. The fourth-order valence-electron chi connectivity index (χ4n) is 1.47. The molecule has 0 heterocycles. The van der Waals surface area contributed by atoms with Gasteiger partial charge in [0.25, 0.3) is 0 Å². The third kappa shape index (κ3) is 4.96. The van der Waals surface area contributed by atoms with Gasteiger partial charge in [0.05, 0.1) is 6.61 Å². The number of benzene rings is 1. The number of carbonyl (C=O) groups excluding carboxylic acids is 1. The van der Waals surface area contributed by atoms with E-state index in [4.69, 9.17) is 4.74 Å². The highest BCUT2D eigenvalue weighted by molar-refractivity contribution is 5.68. The van der Waals surface area contributed by atoms with E-state index in [-0.39, 0.29) is 5.97 Å². The van der Waals surface area contributed by atoms with Gasteiger partial charge >= 0.3 is 5.97 Å². The van der Waals surface area contributed by atoms with E-state index in [2.05, 4.69) is 31.2 Å². The Labute approximate surface area is 97.6 Å². The first kappa shape index (κ1) is 12.8. The van der Waals surface area contributed by atoms with Gasteiger partial charge in [0.2, 0.25) is 0 Å². The van der Waals surface area contributed by atoms with Crippen molar-refractivity contribution in [2.24, 2.45) is 0 Å². The highest BCUT2D eigenvalue weighted by atomic mass is 16.5. The predicted octanol–water partition coefficient (Wildman–Crippen LogP) is 3.27. The number of rotatable bonds is 6. The van der Waals surface area contributed by atoms with Crippen LogP contribution < -0.4 is 0 Å². The number of ether oxygens (including phenoxy) is 1. The van der Waals surface area contributed by atoms with Gasteiger partial charge in [-0.2, -0.15) is 0 Å². The third-order valence-corrected chi connectivity index (χ3v) is 2.53. The number of aryl methyl sites for hydroxylation is 2. The van der Waals surface area contributed by atoms with E-state index in [0.717, 1.165) is 19.3 Å². The van der Waals surface area contributed by atoms with Crippen LogP contribution in [0.3, 0.4) is 0 Å². The average Bonchev–Trinajstić information content (AvgIpc) is 2.31. The lowest BCUT2D eigenvalue weighted by Crippen LogP contribution is -2.04. The van der Waals surface area contributed by atoms with Gasteiger partial charge in [0, 0.05) is 6.42 Å². The van der Waals surface area contributed by atoms with Crippen LogP contribution in [-0.2, 0) is 16.0 Å². The second-order valence-electron chi connectivity index (χ2n) is 4.02. The van der Waals surface area contributed by atoms with E-state index in [9.17, 15) is 4.79 Å². The summed E-state index contributed by atoms with van der Waals surface area (Å²) in [5.41, 5.74) is 2.65. The van der Waals surface area contributed by atoms with Crippen LogP contribution in [0.15, 0.2) is 24.3 Å². The second kappa shape index (κ2) is 7.04. The summed E-state index contributed by atoms with van der Waals surface area (Å²) >= 11 is 0. The molecule has 0 bridgehead atoms. The quantitative estimate of drug-likeness (QED) is 0.543. The Hall–Kier alpha value is -1.31. The molecule has 0 radical (unpaired) electrons. The van der Waals surface area contributed by atoms with Crippen LogP contribution in [-0.4, -0.2) is 12.6 Å². The first-order valence-electron chi connectivity index (χ1n) is 5.93. The highest BCUT2D eigenvalue weighted by Gasteiger charge is 1.98. The molecule has 1 aromatic carbocycles. The fourth-order valence-corrected chi connectivity index (χ4v) is 1.47. The molecule has 1 rings (SSSR count). The van der Waals surface area contributed by atoms with Gasteiger partial charge in [-0.15, -0.1) is 0 Å². The summed E-state index contributed by atoms with van der Waals surface area (Å²) in [5, 5.41) is 0. The summed E-state index contributed by atoms with van der Waals surface area (Å²) < 4.78 is 5.01. The molecule has 0 saturated carbocycles. The molecule has 16 heavy (non-hydrogen) atoms. The molecule has 2 heteroatoms. The maximum absolute atomic E-state index is 10.9. The summed E-state index contributed by atoms with van der Waals surface area (Å²) in [5.74, 6) is -0.102. The van der Waals surface area contributed by atoms with E-state index in [1.54, 1.807) is 0 Å². The van der Waals surface area contributed by atoms with Crippen molar-refractivity contribution in [1.29, 1.82) is 0 Å². The number of esters is 1. The average molecular weight is 220 g/mol. The Morgan fingerprint density at radius 2 is 1.88 bits per heavy atom. The zero-order chi connectivity index (χ0) is 11.8. The molecule has 0 unspecified atom stereocenters. The zero-order valence-corrected chi connectivity index (χ0v) is 10.2. The first-order chi connectivity index (χ1) is 7.72. The zero-order valence-electron chi connectivity index (χ0n) is 10.2. The lowest BCUT2D eigenvalue weighted by Gasteiger charge is -2.04. The molecule has 0 aliphatic carbocycles. The summed E-state index contributed by atoms with van der Waals surface area (Å²) in [6.45, 7) is 4.46. The maximum atomic E-state index is 10.9. The summed E-state index contributed by atoms with van der Waals surface area (Å²) in [6, 6.07) is 8.58. The first-order valence-corrected chi connectivity index (χ1v) is 5.93. The summed E-state index contributed by atoms with van der Waals surface area (Å²) in [6.07, 6.45) is 3.54. The van der Waals surface area contributed by atoms with Crippen molar-refractivity contribution in [2.75, 3.05) is 6.61 Å². The molecule has 88 valence electrons. The lowest BCUT2D eigenvalue weighted by molar-refractivity contribution is -0.143. The van der Waals surface area contributed by atoms with E-state index < -0.39 is 0 Å². The van der Waals surface area contributed by atoms with Gasteiger partial charge in [0.15, 0.2) is 0 Å². The molecule has 0 saturated heterocycles. The van der Waals surface area contributed by atoms with Crippen molar-refractivity contribution >= 4 is 5.97 Å². The predicted molar refractivity (Wildman–Crippen MR) is 65.4 cm³/mol. The number of carbonyl (C=O) groups is 1. The minimum absolute atomic E-state index is 0.102. The standard InChI is InChI=1S/C14H20O2/c1-3-14(15)16-11-5-4-6-13-9-7-12(2)8-10-13/h7-10H,3-6,11H2,1-2H3. The van der Waals surface area contributed by atoms with Gasteiger partial charge in [-0.1, -0.05) is 36.8 Å². The van der Waals surface area contributed by atoms with Gasteiger partial charge in [0.1, 0.15) is 0 Å². The Kier molecular flexibility index (Phi) is 5.62. The molecule has 0 atom stereocenters. The normalized spacial score (nSPS) is 10.1. The molecule has 0 amide bonds. The molecule has 0 spiro atoms. The van der Waals surface area contributed by atoms with E-state index in [1.165, 1.54) is 11.1 Å². The van der Waals surface area contributed by atoms with Crippen molar-refractivity contribution in [1.82, 2.24) is 0 Å². The second-order valence-corrected chi connectivity index (χ2v) is 4.02. The molecule has 1 aromatic rings. The van der Waals surface area contributed by atoms with Crippen LogP contribution in [0.5, 0.6) is 0 Å². The van der Waals surface area contributed by atoms with Gasteiger partial charge in [-0.05, 0) is 31.7 Å². The van der Waals surface area contributed by atoms with E-state index in [0.29, 0.717) is 13.0 Å². The number of hydrogen-bond donors (Lipinski definition) is 0. The van der Waals surface area contributed by atoms with Gasteiger partial charge < -0.3 is 4.74 Å². The maximum Gasteiger partial charge on any atom is 0.305 e. The van der Waals surface area contributed by atoms with Crippen molar-refractivity contribution in [3.05, 3.63) is 35.4 Å². The van der Waals surface area contributed by atoms with Gasteiger partial charge in [-0.3, -0.25) is 4.79 Å². The molecule has 0 aliphatic heterocycles. The highest BCUT2D eigenvalue weighted by Crippen LogP contribution is 2.07. The minimum atomic E-state index is -0.102. The smallest absolute Gasteiger partial charge is 0.305 e. The van der Waals surface area contributed by atoms with E-state index in [1.807, 2.05) is 6.92 Å². The number of unbranched alkanes of at least 4 members (excludes halogenated alkanes) is 1. The molecular weight excluding hydrogens is 200 g/mol. The van der Waals surface area contributed by atoms with E-state index >= 15 is 0 Å². The molecule has 0 N–H and O–H groups in total. The van der Waals surface area contributed by atoms with Crippen LogP contribution in [0.1, 0.15) is 37.3 Å². The van der Waals surface area contributed by atoms with Crippen LogP contribution in [0, 0.1) is 6.92 Å².